The molecule has 5 heteroatoms. The fourth-order valence-corrected chi connectivity index (χ4v) is 5.96. The Morgan fingerprint density at radius 3 is 1.80 bits per heavy atom. The van der Waals surface area contributed by atoms with Gasteiger partial charge in [0.1, 0.15) is 0 Å². The van der Waals surface area contributed by atoms with E-state index in [1.165, 1.54) is 5.56 Å². The number of nitrogens with zero attached hydrogens (tertiary/aromatic N) is 5. The van der Waals surface area contributed by atoms with Gasteiger partial charge in [-0.2, -0.15) is 0 Å². The van der Waals surface area contributed by atoms with Gasteiger partial charge in [0.25, 0.3) is 0 Å². The van der Waals surface area contributed by atoms with Crippen molar-refractivity contribution in [1.29, 1.82) is 0 Å². The van der Waals surface area contributed by atoms with Crippen molar-refractivity contribution >= 4 is 21.8 Å². The summed E-state index contributed by atoms with van der Waals surface area (Å²) >= 11 is 0. The summed E-state index contributed by atoms with van der Waals surface area (Å²) in [5.41, 5.74) is 12.6. The molecule has 0 unspecified atom stereocenters. The topological polar surface area (TPSA) is 64.5 Å². The van der Waals surface area contributed by atoms with Crippen molar-refractivity contribution in [2.24, 2.45) is 0 Å². The summed E-state index contributed by atoms with van der Waals surface area (Å²) < 4.78 is 0. The molecule has 0 aliphatic carbocycles. The first kappa shape index (κ1) is 27.5. The molecular weight excluding hydrogens is 562 g/mol. The monoisotopic (exact) mass is 591 g/mol. The number of hydrogen-bond donors (Lipinski definition) is 0. The second-order valence-electron chi connectivity index (χ2n) is 11.5. The lowest BCUT2D eigenvalue weighted by molar-refractivity contribution is 1.16. The molecule has 0 saturated carbocycles. The van der Waals surface area contributed by atoms with Crippen LogP contribution in [0.15, 0.2) is 140 Å². The van der Waals surface area contributed by atoms with Gasteiger partial charge in [0.2, 0.25) is 0 Å². The van der Waals surface area contributed by atoms with E-state index >= 15 is 0 Å². The van der Waals surface area contributed by atoms with Crippen LogP contribution in [0.5, 0.6) is 0 Å². The van der Waals surface area contributed by atoms with Crippen LogP contribution in [0.1, 0.15) is 11.3 Å². The number of fused-ring (bicyclic) bond motifs is 3. The van der Waals surface area contributed by atoms with Gasteiger partial charge in [0.05, 0.1) is 33.8 Å². The Labute approximate surface area is 267 Å². The van der Waals surface area contributed by atoms with Gasteiger partial charge in [-0.25, -0.2) is 15.0 Å². The molecule has 0 radical (unpaired) electrons. The van der Waals surface area contributed by atoms with E-state index in [-0.39, 0.29) is 0 Å². The minimum Gasteiger partial charge on any atom is -0.255 e. The summed E-state index contributed by atoms with van der Waals surface area (Å²) in [4.78, 5) is 24.5. The van der Waals surface area contributed by atoms with Gasteiger partial charge in [0, 0.05) is 39.4 Å². The lowest BCUT2D eigenvalue weighted by atomic mass is 9.97. The molecule has 0 fully saturated rings. The number of hydrogen-bond acceptors (Lipinski definition) is 5. The fourth-order valence-electron chi connectivity index (χ4n) is 5.96. The Bertz CT molecular complexity index is 2330. The van der Waals surface area contributed by atoms with Crippen LogP contribution in [-0.2, 0) is 0 Å². The maximum Gasteiger partial charge on any atom is 0.160 e. The zero-order chi connectivity index (χ0) is 31.0. The van der Waals surface area contributed by atoms with Crippen LogP contribution in [0.3, 0.4) is 0 Å². The molecule has 8 aromatic rings. The molecule has 4 heterocycles. The quantitative estimate of drug-likeness (QED) is 0.186. The van der Waals surface area contributed by atoms with Gasteiger partial charge in [-0.15, -0.1) is 0 Å². The maximum atomic E-state index is 5.17. The number of aromatic nitrogens is 5. The first-order valence-corrected chi connectivity index (χ1v) is 15.3. The van der Waals surface area contributed by atoms with Crippen LogP contribution >= 0.6 is 0 Å². The molecule has 0 atom stereocenters. The summed E-state index contributed by atoms with van der Waals surface area (Å²) in [6.45, 7) is 4.17. The van der Waals surface area contributed by atoms with Gasteiger partial charge >= 0.3 is 0 Å². The molecule has 5 nitrogen and oxygen atoms in total. The Kier molecular flexibility index (Phi) is 6.84. The van der Waals surface area contributed by atoms with Gasteiger partial charge in [0.15, 0.2) is 5.82 Å². The lowest BCUT2D eigenvalue weighted by Crippen LogP contribution is -1.97. The third-order valence-corrected chi connectivity index (χ3v) is 8.32. The Hall–Kier alpha value is -6.07. The number of aryl methyl sites for hydroxylation is 2. The lowest BCUT2D eigenvalue weighted by Gasteiger charge is -2.12. The van der Waals surface area contributed by atoms with Gasteiger partial charge in [-0.05, 0) is 73.0 Å². The highest BCUT2D eigenvalue weighted by Crippen LogP contribution is 2.33. The van der Waals surface area contributed by atoms with E-state index in [9.17, 15) is 0 Å². The van der Waals surface area contributed by atoms with Crippen molar-refractivity contribution in [3.8, 4) is 56.4 Å². The second-order valence-corrected chi connectivity index (χ2v) is 11.5. The zero-order valence-corrected chi connectivity index (χ0v) is 25.5. The van der Waals surface area contributed by atoms with Crippen LogP contribution in [0, 0.1) is 13.8 Å². The normalized spacial score (nSPS) is 11.3. The molecule has 4 aromatic heterocycles. The molecule has 218 valence electrons. The first-order chi connectivity index (χ1) is 22.6. The van der Waals surface area contributed by atoms with E-state index in [1.54, 1.807) is 6.20 Å². The summed E-state index contributed by atoms with van der Waals surface area (Å²) in [7, 11) is 0. The predicted molar refractivity (Wildman–Crippen MR) is 187 cm³/mol. The van der Waals surface area contributed by atoms with Crippen molar-refractivity contribution in [3.05, 3.63) is 151 Å². The molecule has 4 aromatic carbocycles. The van der Waals surface area contributed by atoms with E-state index in [2.05, 4.69) is 84.7 Å². The molecule has 0 saturated heterocycles. The van der Waals surface area contributed by atoms with Crippen molar-refractivity contribution in [2.75, 3.05) is 0 Å². The molecule has 0 amide bonds. The molecule has 0 spiro atoms. The number of benzene rings is 4. The smallest absolute Gasteiger partial charge is 0.160 e. The summed E-state index contributed by atoms with van der Waals surface area (Å²) in [5, 5.41) is 2.22. The Balaban J connectivity index is 1.22. The van der Waals surface area contributed by atoms with Gasteiger partial charge in [-0.1, -0.05) is 91.0 Å². The summed E-state index contributed by atoms with van der Waals surface area (Å²) in [6, 6.07) is 45.7. The minimum atomic E-state index is 0.668. The van der Waals surface area contributed by atoms with Gasteiger partial charge < -0.3 is 0 Å². The molecule has 0 aliphatic heterocycles. The molecule has 0 aliphatic rings. The number of pyridine rings is 3. The molecule has 0 N–H and O–H groups in total. The van der Waals surface area contributed by atoms with Crippen LogP contribution in [0.25, 0.3) is 78.2 Å². The van der Waals surface area contributed by atoms with Crippen LogP contribution in [0.2, 0.25) is 0 Å². The SMILES string of the molecule is Cc1ccc2ccc3c(C)cc(-c4cccc(-c5cccc(-c6cc(-c7ccccn7)nc(-c7ccccc7)n6)c5)c4)nc3c2n1. The first-order valence-electron chi connectivity index (χ1n) is 15.3. The van der Waals surface area contributed by atoms with Crippen LogP contribution < -0.4 is 0 Å². The van der Waals surface area contributed by atoms with E-state index in [0.717, 1.165) is 78.1 Å². The standard InChI is InChI=1S/C41H29N5/c1-26-22-36(44-40-34(26)20-19-28-18-17-27(2)43-39(28)40)32-14-8-12-30(23-32)31-13-9-15-33(24-31)37-25-38(35-16-6-7-21-42-35)46-41(45-37)29-10-4-3-5-11-29/h3-25H,1-2H3. The highest BCUT2D eigenvalue weighted by atomic mass is 14.9. The van der Waals surface area contributed by atoms with Crippen molar-refractivity contribution in [3.63, 3.8) is 0 Å². The maximum absolute atomic E-state index is 5.17. The van der Waals surface area contributed by atoms with E-state index in [0.29, 0.717) is 5.82 Å². The Morgan fingerprint density at radius 2 is 1.07 bits per heavy atom. The molecular formula is C41H29N5. The van der Waals surface area contributed by atoms with E-state index in [1.807, 2.05) is 67.6 Å². The highest BCUT2D eigenvalue weighted by molar-refractivity contribution is 6.04. The van der Waals surface area contributed by atoms with E-state index < -0.39 is 0 Å². The fraction of sp³-hybridized carbons (Fsp3) is 0.0488. The highest BCUT2D eigenvalue weighted by Gasteiger charge is 2.14. The molecule has 0 bridgehead atoms. The zero-order valence-electron chi connectivity index (χ0n) is 25.5. The van der Waals surface area contributed by atoms with Crippen molar-refractivity contribution in [1.82, 2.24) is 24.9 Å². The van der Waals surface area contributed by atoms with Crippen molar-refractivity contribution < 1.29 is 0 Å². The average Bonchev–Trinajstić information content (AvgIpc) is 3.12. The van der Waals surface area contributed by atoms with Gasteiger partial charge in [-0.3, -0.25) is 9.97 Å². The summed E-state index contributed by atoms with van der Waals surface area (Å²) in [6.07, 6.45) is 1.79. The summed E-state index contributed by atoms with van der Waals surface area (Å²) in [5.74, 6) is 0.668. The van der Waals surface area contributed by atoms with Crippen LogP contribution in [0.4, 0.5) is 0 Å². The predicted octanol–water partition coefficient (Wildman–Crippen LogP) is 9.92. The largest absolute Gasteiger partial charge is 0.255 e. The van der Waals surface area contributed by atoms with Crippen molar-refractivity contribution in [2.45, 2.75) is 13.8 Å². The number of rotatable bonds is 5. The third kappa shape index (κ3) is 5.18. The average molecular weight is 592 g/mol. The van der Waals surface area contributed by atoms with E-state index in [4.69, 9.17) is 19.9 Å². The third-order valence-electron chi connectivity index (χ3n) is 8.32. The Morgan fingerprint density at radius 1 is 0.413 bits per heavy atom. The molecule has 46 heavy (non-hydrogen) atoms. The molecule has 8 rings (SSSR count). The second kappa shape index (κ2) is 11.5. The van der Waals surface area contributed by atoms with Crippen LogP contribution in [-0.4, -0.2) is 24.9 Å². The minimum absolute atomic E-state index is 0.668.